The Hall–Kier alpha value is -1.40. The second-order valence-corrected chi connectivity index (χ2v) is 4.81. The van der Waals surface area contributed by atoms with Crippen molar-refractivity contribution >= 4 is 11.6 Å². The minimum atomic E-state index is 0.265. The van der Waals surface area contributed by atoms with E-state index < -0.39 is 0 Å². The van der Waals surface area contributed by atoms with Crippen molar-refractivity contribution in [2.75, 3.05) is 23.9 Å². The van der Waals surface area contributed by atoms with Gasteiger partial charge in [0.1, 0.15) is 17.5 Å². The Bertz CT molecular complexity index is 390. The standard InChI is InChI=1S/C12H21N5O/c1-8(2)12-15-10(6-11(16-12)17-13)14-7-9-4-3-5-18-9/h6,8-9H,3-5,7,13H2,1-2H3,(H2,14,15,16,17). The number of rotatable bonds is 5. The topological polar surface area (TPSA) is 85.1 Å². The van der Waals surface area contributed by atoms with Crippen molar-refractivity contribution in [2.24, 2.45) is 5.84 Å². The van der Waals surface area contributed by atoms with Crippen LogP contribution in [0.25, 0.3) is 0 Å². The van der Waals surface area contributed by atoms with Gasteiger partial charge in [-0.3, -0.25) is 0 Å². The summed E-state index contributed by atoms with van der Waals surface area (Å²) in [6.45, 7) is 5.75. The highest BCUT2D eigenvalue weighted by atomic mass is 16.5. The fraction of sp³-hybridized carbons (Fsp3) is 0.667. The van der Waals surface area contributed by atoms with E-state index in [0.29, 0.717) is 5.82 Å². The molecule has 6 heteroatoms. The quantitative estimate of drug-likeness (QED) is 0.543. The number of ether oxygens (including phenoxy) is 1. The lowest BCUT2D eigenvalue weighted by molar-refractivity contribution is 0.120. The molecule has 0 saturated carbocycles. The monoisotopic (exact) mass is 251 g/mol. The smallest absolute Gasteiger partial charge is 0.145 e. The van der Waals surface area contributed by atoms with Gasteiger partial charge in [0.15, 0.2) is 0 Å². The molecule has 2 heterocycles. The number of nitrogens with zero attached hydrogens (tertiary/aromatic N) is 2. The average molecular weight is 251 g/mol. The number of hydrogen-bond acceptors (Lipinski definition) is 6. The van der Waals surface area contributed by atoms with Gasteiger partial charge in [-0.15, -0.1) is 0 Å². The molecular weight excluding hydrogens is 230 g/mol. The molecule has 1 fully saturated rings. The van der Waals surface area contributed by atoms with Crippen LogP contribution in [-0.2, 0) is 4.74 Å². The predicted molar refractivity (Wildman–Crippen MR) is 71.4 cm³/mol. The maximum atomic E-state index is 5.56. The lowest BCUT2D eigenvalue weighted by atomic mass is 10.2. The molecule has 0 aromatic carbocycles. The van der Waals surface area contributed by atoms with Gasteiger partial charge in [-0.2, -0.15) is 0 Å². The summed E-state index contributed by atoms with van der Waals surface area (Å²) >= 11 is 0. The van der Waals surface area contributed by atoms with Gasteiger partial charge >= 0.3 is 0 Å². The van der Waals surface area contributed by atoms with Crippen LogP contribution in [-0.4, -0.2) is 29.2 Å². The van der Waals surface area contributed by atoms with Crippen LogP contribution >= 0.6 is 0 Å². The molecule has 2 rings (SSSR count). The van der Waals surface area contributed by atoms with Gasteiger partial charge in [0, 0.05) is 25.1 Å². The van der Waals surface area contributed by atoms with E-state index in [1.807, 2.05) is 0 Å². The van der Waals surface area contributed by atoms with E-state index in [2.05, 4.69) is 34.6 Å². The first-order valence-corrected chi connectivity index (χ1v) is 6.40. The lowest BCUT2D eigenvalue weighted by Gasteiger charge is -2.14. The minimum absolute atomic E-state index is 0.265. The summed E-state index contributed by atoms with van der Waals surface area (Å²) in [5.41, 5.74) is 2.57. The second-order valence-electron chi connectivity index (χ2n) is 4.81. The largest absolute Gasteiger partial charge is 0.376 e. The molecule has 1 aliphatic rings. The van der Waals surface area contributed by atoms with Gasteiger partial charge < -0.3 is 15.5 Å². The van der Waals surface area contributed by atoms with Gasteiger partial charge in [-0.1, -0.05) is 13.8 Å². The first-order valence-electron chi connectivity index (χ1n) is 6.40. The van der Waals surface area contributed by atoms with Crippen molar-refractivity contribution in [2.45, 2.75) is 38.7 Å². The third kappa shape index (κ3) is 3.30. The fourth-order valence-corrected chi connectivity index (χ4v) is 1.91. The van der Waals surface area contributed by atoms with E-state index in [-0.39, 0.29) is 12.0 Å². The molecule has 0 bridgehead atoms. The molecule has 0 aliphatic carbocycles. The van der Waals surface area contributed by atoms with E-state index in [0.717, 1.165) is 37.6 Å². The molecule has 0 amide bonds. The third-order valence-corrected chi connectivity index (χ3v) is 2.94. The summed E-state index contributed by atoms with van der Waals surface area (Å²) in [4.78, 5) is 8.78. The summed E-state index contributed by atoms with van der Waals surface area (Å²) in [6.07, 6.45) is 2.54. The van der Waals surface area contributed by atoms with Gasteiger partial charge in [0.2, 0.25) is 0 Å². The van der Waals surface area contributed by atoms with Crippen molar-refractivity contribution in [1.82, 2.24) is 9.97 Å². The van der Waals surface area contributed by atoms with Crippen LogP contribution in [0.5, 0.6) is 0 Å². The van der Waals surface area contributed by atoms with Crippen LogP contribution in [0.15, 0.2) is 6.07 Å². The molecular formula is C12H21N5O. The highest BCUT2D eigenvalue weighted by Crippen LogP contribution is 2.17. The molecule has 0 spiro atoms. The van der Waals surface area contributed by atoms with Crippen LogP contribution in [0.4, 0.5) is 11.6 Å². The van der Waals surface area contributed by atoms with Crippen molar-refractivity contribution in [3.05, 3.63) is 11.9 Å². The first-order chi connectivity index (χ1) is 8.69. The highest BCUT2D eigenvalue weighted by molar-refractivity contribution is 5.47. The van der Waals surface area contributed by atoms with Crippen LogP contribution < -0.4 is 16.6 Å². The molecule has 18 heavy (non-hydrogen) atoms. The Morgan fingerprint density at radius 2 is 2.22 bits per heavy atom. The normalized spacial score (nSPS) is 19.2. The first kappa shape index (κ1) is 13.0. The van der Waals surface area contributed by atoms with Crippen LogP contribution in [0.2, 0.25) is 0 Å². The fourth-order valence-electron chi connectivity index (χ4n) is 1.91. The van der Waals surface area contributed by atoms with Gasteiger partial charge in [-0.25, -0.2) is 15.8 Å². The second kappa shape index (κ2) is 5.97. The van der Waals surface area contributed by atoms with Crippen LogP contribution in [0.1, 0.15) is 38.4 Å². The molecule has 1 aromatic rings. The Kier molecular flexibility index (Phi) is 4.33. The molecule has 1 saturated heterocycles. The maximum absolute atomic E-state index is 5.56. The molecule has 100 valence electrons. The van der Waals surface area contributed by atoms with Crippen LogP contribution in [0, 0.1) is 0 Å². The van der Waals surface area contributed by atoms with Gasteiger partial charge in [0.05, 0.1) is 6.10 Å². The predicted octanol–water partition coefficient (Wildman–Crippen LogP) is 1.48. The minimum Gasteiger partial charge on any atom is -0.376 e. The molecule has 1 atom stereocenters. The summed E-state index contributed by atoms with van der Waals surface area (Å²) in [5.74, 6) is 7.87. The van der Waals surface area contributed by atoms with E-state index >= 15 is 0 Å². The molecule has 1 unspecified atom stereocenters. The highest BCUT2D eigenvalue weighted by Gasteiger charge is 2.15. The zero-order chi connectivity index (χ0) is 13.0. The number of nitrogens with two attached hydrogens (primary N) is 1. The molecule has 0 radical (unpaired) electrons. The average Bonchev–Trinajstić information content (AvgIpc) is 2.89. The summed E-state index contributed by atoms with van der Waals surface area (Å²) in [7, 11) is 0. The Labute approximate surface area is 107 Å². The third-order valence-electron chi connectivity index (χ3n) is 2.94. The van der Waals surface area contributed by atoms with Gasteiger partial charge in [-0.05, 0) is 12.8 Å². The van der Waals surface area contributed by atoms with Crippen molar-refractivity contribution in [1.29, 1.82) is 0 Å². The number of hydrazine groups is 1. The Balaban J connectivity index is 2.03. The van der Waals surface area contributed by atoms with Crippen LogP contribution in [0.3, 0.4) is 0 Å². The Morgan fingerprint density at radius 1 is 1.44 bits per heavy atom. The van der Waals surface area contributed by atoms with Gasteiger partial charge in [0.25, 0.3) is 0 Å². The Morgan fingerprint density at radius 3 is 2.83 bits per heavy atom. The number of anilines is 2. The van der Waals surface area contributed by atoms with E-state index in [4.69, 9.17) is 10.6 Å². The molecule has 1 aliphatic heterocycles. The number of hydrogen-bond donors (Lipinski definition) is 3. The summed E-state index contributed by atoms with van der Waals surface area (Å²) < 4.78 is 5.56. The molecule has 1 aromatic heterocycles. The lowest BCUT2D eigenvalue weighted by Crippen LogP contribution is -2.20. The van der Waals surface area contributed by atoms with E-state index in [1.54, 1.807) is 6.07 Å². The zero-order valence-corrected chi connectivity index (χ0v) is 10.9. The van der Waals surface area contributed by atoms with Crippen molar-refractivity contribution in [3.8, 4) is 0 Å². The summed E-state index contributed by atoms with van der Waals surface area (Å²) in [6, 6.07) is 1.81. The number of nitrogen functional groups attached to an aromatic ring is 1. The van der Waals surface area contributed by atoms with E-state index in [1.165, 1.54) is 0 Å². The SMILES string of the molecule is CC(C)c1nc(NN)cc(NCC2CCCO2)n1. The van der Waals surface area contributed by atoms with E-state index in [9.17, 15) is 0 Å². The summed E-state index contributed by atoms with van der Waals surface area (Å²) in [5, 5.41) is 3.28. The number of aromatic nitrogens is 2. The van der Waals surface area contributed by atoms with Crippen molar-refractivity contribution in [3.63, 3.8) is 0 Å². The molecule has 6 nitrogen and oxygen atoms in total. The van der Waals surface area contributed by atoms with Crippen molar-refractivity contribution < 1.29 is 4.74 Å². The maximum Gasteiger partial charge on any atom is 0.145 e. The molecule has 4 N–H and O–H groups in total. The zero-order valence-electron chi connectivity index (χ0n) is 10.9. The number of nitrogens with one attached hydrogen (secondary N) is 2.